The first-order chi connectivity index (χ1) is 6.22. The minimum atomic E-state index is -0.164. The fourth-order valence-electron chi connectivity index (χ4n) is 1.44. The largest absolute Gasteiger partial charge is 0.331 e. The van der Waals surface area contributed by atoms with E-state index in [1.807, 2.05) is 11.5 Å². The number of imidazole rings is 1. The van der Waals surface area contributed by atoms with E-state index in [1.165, 1.54) is 0 Å². The first kappa shape index (κ1) is 8.23. The van der Waals surface area contributed by atoms with Crippen LogP contribution in [0.25, 0.3) is 11.0 Å². The summed E-state index contributed by atoms with van der Waals surface area (Å²) < 4.78 is 15.1. The normalized spacial score (nSPS) is 11.0. The molecule has 0 atom stereocenters. The van der Waals surface area contributed by atoms with Crippen molar-refractivity contribution >= 4 is 11.0 Å². The van der Waals surface area contributed by atoms with Crippen LogP contribution in [0.2, 0.25) is 0 Å². The first-order valence-electron chi connectivity index (χ1n) is 4.33. The molecule has 68 valence electrons. The Labute approximate surface area is 76.0 Å². The Bertz CT molecular complexity index is 445. The topological polar surface area (TPSA) is 17.8 Å². The van der Waals surface area contributed by atoms with Crippen LogP contribution >= 0.6 is 0 Å². The zero-order chi connectivity index (χ0) is 9.42. The summed E-state index contributed by atoms with van der Waals surface area (Å²) in [6.45, 7) is 4.58. The standard InChI is InChI=1S/C10H11FN2/c1-3-13-6-12-9-4-7(2)8(11)5-10(9)13/h4-6H,3H2,1-2H3. The number of fused-ring (bicyclic) bond motifs is 1. The summed E-state index contributed by atoms with van der Waals surface area (Å²) in [5.74, 6) is -0.164. The molecule has 0 saturated carbocycles. The minimum Gasteiger partial charge on any atom is -0.331 e. The van der Waals surface area contributed by atoms with E-state index in [1.54, 1.807) is 25.4 Å². The van der Waals surface area contributed by atoms with Crippen molar-refractivity contribution in [1.82, 2.24) is 9.55 Å². The van der Waals surface area contributed by atoms with Gasteiger partial charge in [-0.3, -0.25) is 0 Å². The molecule has 2 aromatic rings. The number of rotatable bonds is 1. The van der Waals surface area contributed by atoms with Gasteiger partial charge in [-0.25, -0.2) is 9.37 Å². The SMILES string of the molecule is CCn1cnc2cc(C)c(F)cc21. The lowest BCUT2D eigenvalue weighted by Crippen LogP contribution is -1.91. The molecular formula is C10H11FN2. The highest BCUT2D eigenvalue weighted by atomic mass is 19.1. The Morgan fingerprint density at radius 2 is 2.23 bits per heavy atom. The van der Waals surface area contributed by atoms with Gasteiger partial charge in [-0.2, -0.15) is 0 Å². The highest BCUT2D eigenvalue weighted by molar-refractivity contribution is 5.76. The predicted molar refractivity (Wildman–Crippen MR) is 50.1 cm³/mol. The maximum Gasteiger partial charge on any atom is 0.128 e. The zero-order valence-electron chi connectivity index (χ0n) is 7.71. The van der Waals surface area contributed by atoms with Crippen LogP contribution in [0.5, 0.6) is 0 Å². The minimum absolute atomic E-state index is 0.164. The van der Waals surface area contributed by atoms with Gasteiger partial charge in [-0.1, -0.05) is 0 Å². The molecule has 13 heavy (non-hydrogen) atoms. The van der Waals surface area contributed by atoms with E-state index in [4.69, 9.17) is 0 Å². The van der Waals surface area contributed by atoms with E-state index in [2.05, 4.69) is 4.98 Å². The lowest BCUT2D eigenvalue weighted by Gasteiger charge is -2.00. The summed E-state index contributed by atoms with van der Waals surface area (Å²) >= 11 is 0. The monoisotopic (exact) mass is 178 g/mol. The van der Waals surface area contributed by atoms with Crippen molar-refractivity contribution in [3.05, 3.63) is 29.8 Å². The average molecular weight is 178 g/mol. The summed E-state index contributed by atoms with van der Waals surface area (Å²) in [5, 5.41) is 0. The van der Waals surface area contributed by atoms with Gasteiger partial charge in [-0.15, -0.1) is 0 Å². The number of benzene rings is 1. The van der Waals surface area contributed by atoms with Gasteiger partial charge >= 0.3 is 0 Å². The van der Waals surface area contributed by atoms with E-state index in [9.17, 15) is 4.39 Å². The fourth-order valence-corrected chi connectivity index (χ4v) is 1.44. The van der Waals surface area contributed by atoms with Crippen molar-refractivity contribution < 1.29 is 4.39 Å². The molecule has 2 nitrogen and oxygen atoms in total. The molecule has 0 spiro atoms. The number of hydrogen-bond acceptors (Lipinski definition) is 1. The Morgan fingerprint density at radius 1 is 1.46 bits per heavy atom. The second-order valence-electron chi connectivity index (χ2n) is 3.12. The zero-order valence-corrected chi connectivity index (χ0v) is 7.71. The molecule has 0 radical (unpaired) electrons. The third-order valence-electron chi connectivity index (χ3n) is 2.24. The van der Waals surface area contributed by atoms with Crippen LogP contribution in [0.3, 0.4) is 0 Å². The van der Waals surface area contributed by atoms with Gasteiger partial charge in [0.25, 0.3) is 0 Å². The van der Waals surface area contributed by atoms with Crippen molar-refractivity contribution in [2.45, 2.75) is 20.4 Å². The van der Waals surface area contributed by atoms with Crippen molar-refractivity contribution in [3.63, 3.8) is 0 Å². The molecule has 0 unspecified atom stereocenters. The van der Waals surface area contributed by atoms with E-state index >= 15 is 0 Å². The molecule has 0 bridgehead atoms. The number of hydrogen-bond donors (Lipinski definition) is 0. The Morgan fingerprint density at radius 3 is 2.92 bits per heavy atom. The molecule has 0 amide bonds. The molecule has 1 aromatic carbocycles. The Kier molecular flexibility index (Phi) is 1.79. The highest BCUT2D eigenvalue weighted by Crippen LogP contribution is 2.17. The highest BCUT2D eigenvalue weighted by Gasteiger charge is 2.04. The second-order valence-corrected chi connectivity index (χ2v) is 3.12. The quantitative estimate of drug-likeness (QED) is 0.656. The Hall–Kier alpha value is -1.38. The van der Waals surface area contributed by atoms with Gasteiger partial charge < -0.3 is 4.57 Å². The van der Waals surface area contributed by atoms with Crippen LogP contribution in [-0.2, 0) is 6.54 Å². The van der Waals surface area contributed by atoms with Gasteiger partial charge in [-0.05, 0) is 25.5 Å². The third kappa shape index (κ3) is 1.20. The van der Waals surface area contributed by atoms with Gasteiger partial charge in [0.2, 0.25) is 0 Å². The van der Waals surface area contributed by atoms with Crippen LogP contribution < -0.4 is 0 Å². The van der Waals surface area contributed by atoms with Gasteiger partial charge in [0, 0.05) is 12.6 Å². The van der Waals surface area contributed by atoms with E-state index < -0.39 is 0 Å². The van der Waals surface area contributed by atoms with E-state index in [0.29, 0.717) is 5.56 Å². The molecule has 3 heteroatoms. The summed E-state index contributed by atoms with van der Waals surface area (Å²) in [7, 11) is 0. The van der Waals surface area contributed by atoms with Crippen LogP contribution in [0.1, 0.15) is 12.5 Å². The fraction of sp³-hybridized carbons (Fsp3) is 0.300. The molecule has 0 N–H and O–H groups in total. The Balaban J connectivity index is 2.77. The van der Waals surface area contributed by atoms with Gasteiger partial charge in [0.1, 0.15) is 5.82 Å². The summed E-state index contributed by atoms with van der Waals surface area (Å²) in [6.07, 6.45) is 1.74. The van der Waals surface area contributed by atoms with E-state index in [0.717, 1.165) is 17.6 Å². The molecule has 1 aromatic heterocycles. The van der Waals surface area contributed by atoms with E-state index in [-0.39, 0.29) is 5.82 Å². The maximum atomic E-state index is 13.2. The average Bonchev–Trinajstić information content (AvgIpc) is 2.48. The predicted octanol–water partition coefficient (Wildman–Crippen LogP) is 2.50. The maximum absolute atomic E-state index is 13.2. The molecule has 1 heterocycles. The number of aryl methyl sites for hydroxylation is 2. The third-order valence-corrected chi connectivity index (χ3v) is 2.24. The van der Waals surface area contributed by atoms with Crippen LogP contribution in [-0.4, -0.2) is 9.55 Å². The van der Waals surface area contributed by atoms with Crippen LogP contribution in [0.15, 0.2) is 18.5 Å². The molecule has 0 aliphatic heterocycles. The number of nitrogens with zero attached hydrogens (tertiary/aromatic N) is 2. The molecule has 0 aliphatic rings. The molecule has 0 fully saturated rings. The second kappa shape index (κ2) is 2.83. The van der Waals surface area contributed by atoms with Crippen molar-refractivity contribution in [1.29, 1.82) is 0 Å². The lowest BCUT2D eigenvalue weighted by atomic mass is 10.2. The molecule has 2 rings (SSSR count). The molecule has 0 saturated heterocycles. The van der Waals surface area contributed by atoms with Crippen molar-refractivity contribution in [3.8, 4) is 0 Å². The lowest BCUT2D eigenvalue weighted by molar-refractivity contribution is 0.619. The molecule has 0 aliphatic carbocycles. The van der Waals surface area contributed by atoms with Gasteiger partial charge in [0.05, 0.1) is 17.4 Å². The van der Waals surface area contributed by atoms with Crippen molar-refractivity contribution in [2.24, 2.45) is 0 Å². The van der Waals surface area contributed by atoms with Crippen molar-refractivity contribution in [2.75, 3.05) is 0 Å². The summed E-state index contributed by atoms with van der Waals surface area (Å²) in [5.41, 5.74) is 2.38. The molecular weight excluding hydrogens is 167 g/mol. The van der Waals surface area contributed by atoms with Crippen LogP contribution in [0.4, 0.5) is 4.39 Å². The van der Waals surface area contributed by atoms with Crippen LogP contribution in [0, 0.1) is 12.7 Å². The number of aromatic nitrogens is 2. The summed E-state index contributed by atoms with van der Waals surface area (Å²) in [6, 6.07) is 3.32. The first-order valence-corrected chi connectivity index (χ1v) is 4.33. The van der Waals surface area contributed by atoms with Gasteiger partial charge in [0.15, 0.2) is 0 Å². The smallest absolute Gasteiger partial charge is 0.128 e. The summed E-state index contributed by atoms with van der Waals surface area (Å²) in [4.78, 5) is 4.19. The number of halogens is 1.